The van der Waals surface area contributed by atoms with E-state index >= 15 is 0 Å². The van der Waals surface area contributed by atoms with Gasteiger partial charge in [-0.25, -0.2) is 0 Å². The van der Waals surface area contributed by atoms with E-state index in [1.54, 1.807) is 4.90 Å². The van der Waals surface area contributed by atoms with Gasteiger partial charge in [0.1, 0.15) is 0 Å². The number of quaternary nitrogens is 1. The molecule has 0 bridgehead atoms. The quantitative estimate of drug-likeness (QED) is 0.237. The number of fused-ring (bicyclic) bond motifs is 2. The molecule has 0 unspecified atom stereocenters. The maximum atomic E-state index is 13.9. The Morgan fingerprint density at radius 2 is 1.78 bits per heavy atom. The summed E-state index contributed by atoms with van der Waals surface area (Å²) >= 11 is 0. The van der Waals surface area contributed by atoms with Gasteiger partial charge in [0.25, 0.3) is 0 Å². The minimum Gasteiger partial charge on any atom is -0.481 e. The molecule has 3 heterocycles. The fourth-order valence-electron chi connectivity index (χ4n) is 7.03. The Morgan fingerprint density at radius 1 is 1.02 bits per heavy atom. The molecule has 45 heavy (non-hydrogen) atoms. The number of ether oxygens (including phenoxy) is 2. The van der Waals surface area contributed by atoms with Crippen LogP contribution in [0.2, 0.25) is 0 Å². The van der Waals surface area contributed by atoms with Gasteiger partial charge in [-0.05, 0) is 55.0 Å². The molecule has 0 aromatic heterocycles. The van der Waals surface area contributed by atoms with Gasteiger partial charge in [-0.3, -0.25) is 19.3 Å². The number of para-hydroxylation sites is 1. The molecule has 3 aliphatic rings. The third-order valence-corrected chi connectivity index (χ3v) is 9.41. The van der Waals surface area contributed by atoms with Crippen LogP contribution < -0.4 is 14.4 Å². The van der Waals surface area contributed by atoms with Crippen molar-refractivity contribution in [3.63, 3.8) is 0 Å². The van der Waals surface area contributed by atoms with Crippen molar-refractivity contribution in [1.29, 1.82) is 0 Å². The van der Waals surface area contributed by atoms with Crippen molar-refractivity contribution in [3.05, 3.63) is 53.6 Å². The topological polar surface area (TPSA) is 99.6 Å². The van der Waals surface area contributed by atoms with Crippen LogP contribution in [0.25, 0.3) is 0 Å². The van der Waals surface area contributed by atoms with E-state index < -0.39 is 17.9 Å². The third-order valence-electron chi connectivity index (χ3n) is 9.41. The number of aliphatic carboxylic acids is 1. The molecule has 2 amide bonds. The Labute approximate surface area is 267 Å². The van der Waals surface area contributed by atoms with E-state index in [0.717, 1.165) is 53.5 Å². The number of hydrogen-bond acceptors (Lipinski definition) is 6. The molecule has 10 heteroatoms. The van der Waals surface area contributed by atoms with Crippen molar-refractivity contribution in [1.82, 2.24) is 9.80 Å². The molecule has 2 aromatic rings. The minimum absolute atomic E-state index is 0.0237. The molecule has 244 valence electrons. The smallest absolute Gasteiger partial charge is 0.308 e. The number of amides is 2. The van der Waals surface area contributed by atoms with Gasteiger partial charge >= 0.3 is 5.97 Å². The highest BCUT2D eigenvalue weighted by molar-refractivity contribution is 6.01. The van der Waals surface area contributed by atoms with E-state index in [1.165, 1.54) is 0 Å². The van der Waals surface area contributed by atoms with Gasteiger partial charge in [-0.2, -0.15) is 0 Å². The van der Waals surface area contributed by atoms with Gasteiger partial charge in [0.05, 0.1) is 46.6 Å². The second-order valence-corrected chi connectivity index (χ2v) is 13.7. The number of benzene rings is 2. The zero-order chi connectivity index (χ0) is 32.1. The number of likely N-dealkylation sites (tertiary alicyclic amines) is 1. The Hall–Kier alpha value is -3.63. The number of nitrogens with zero attached hydrogens (tertiary/aromatic N) is 4. The summed E-state index contributed by atoms with van der Waals surface area (Å²) < 4.78 is 12.0. The van der Waals surface area contributed by atoms with Crippen LogP contribution in [0.3, 0.4) is 0 Å². The highest BCUT2D eigenvalue weighted by atomic mass is 16.7. The summed E-state index contributed by atoms with van der Waals surface area (Å²) in [5.74, 6) is -0.664. The molecule has 3 atom stereocenters. The summed E-state index contributed by atoms with van der Waals surface area (Å²) in [4.78, 5) is 45.7. The number of rotatable bonds is 15. The summed E-state index contributed by atoms with van der Waals surface area (Å²) in [5.41, 5.74) is 2.74. The lowest BCUT2D eigenvalue weighted by Gasteiger charge is -2.31. The van der Waals surface area contributed by atoms with Crippen molar-refractivity contribution >= 4 is 23.5 Å². The first-order chi connectivity index (χ1) is 21.6. The van der Waals surface area contributed by atoms with Gasteiger partial charge in [-0.1, -0.05) is 37.6 Å². The van der Waals surface area contributed by atoms with Crippen LogP contribution in [0.5, 0.6) is 11.5 Å². The molecule has 0 saturated carbocycles. The first-order valence-corrected chi connectivity index (χ1v) is 16.4. The minimum atomic E-state index is -0.895. The zero-order valence-electron chi connectivity index (χ0n) is 27.2. The predicted octanol–water partition coefficient (Wildman–Crippen LogP) is 3.98. The van der Waals surface area contributed by atoms with E-state index in [-0.39, 0.29) is 31.1 Å². The first-order valence-electron chi connectivity index (χ1n) is 16.4. The average Bonchev–Trinajstić information content (AvgIpc) is 3.69. The van der Waals surface area contributed by atoms with Gasteiger partial charge in [-0.15, -0.1) is 0 Å². The summed E-state index contributed by atoms with van der Waals surface area (Å²) in [6.45, 7) is 5.69. The lowest BCUT2D eigenvalue weighted by atomic mass is 9.84. The van der Waals surface area contributed by atoms with E-state index in [0.29, 0.717) is 50.5 Å². The molecule has 0 radical (unpaired) electrons. The molecular weight excluding hydrogens is 572 g/mol. The van der Waals surface area contributed by atoms with Crippen molar-refractivity contribution in [3.8, 4) is 11.5 Å². The maximum absolute atomic E-state index is 13.9. The summed E-state index contributed by atoms with van der Waals surface area (Å²) in [6, 6.07) is 13.0. The molecule has 3 aliphatic heterocycles. The van der Waals surface area contributed by atoms with Crippen LogP contribution in [0, 0.1) is 5.92 Å². The standard InChI is InChI=1S/C35H48N4O6/c1-5-6-16-36(17-9-10-19-39(2,3)4)33(41)23-37-22-27(25-13-14-30-31(20-25)45-24-44-30)34(35(42)43)29(37)15-18-38-28-12-8-7-11-26(28)21-32(38)40/h7-8,11-14,20,27,29,34H,5-6,9-10,15-19,21-24H2,1-4H3/p+1/t27-,29+,34-/m1/s1. The van der Waals surface area contributed by atoms with Crippen LogP contribution >= 0.6 is 0 Å². The summed E-state index contributed by atoms with van der Waals surface area (Å²) in [7, 11) is 6.53. The highest BCUT2D eigenvalue weighted by Crippen LogP contribution is 2.43. The molecule has 0 spiro atoms. The molecule has 0 aliphatic carbocycles. The number of unbranched alkanes of at least 4 members (excludes halogenated alkanes) is 2. The Bertz CT molecular complexity index is 1370. The van der Waals surface area contributed by atoms with Crippen molar-refractivity contribution in [2.24, 2.45) is 5.92 Å². The largest absolute Gasteiger partial charge is 0.481 e. The van der Waals surface area contributed by atoms with E-state index in [2.05, 4.69) is 33.0 Å². The number of anilines is 1. The lowest BCUT2D eigenvalue weighted by Crippen LogP contribution is -2.46. The van der Waals surface area contributed by atoms with Gasteiger partial charge in [0.2, 0.25) is 18.6 Å². The monoisotopic (exact) mass is 621 g/mol. The van der Waals surface area contributed by atoms with Crippen LogP contribution in [0.1, 0.15) is 56.1 Å². The first kappa shape index (κ1) is 32.8. The number of hydrogen-bond donors (Lipinski definition) is 1. The number of carboxylic acids is 1. The van der Waals surface area contributed by atoms with Crippen molar-refractivity contribution in [2.45, 2.75) is 57.4 Å². The molecule has 1 saturated heterocycles. The fraction of sp³-hybridized carbons (Fsp3) is 0.571. The van der Waals surface area contributed by atoms with Crippen molar-refractivity contribution < 1.29 is 33.4 Å². The second-order valence-electron chi connectivity index (χ2n) is 13.7. The molecule has 1 N–H and O–H groups in total. The van der Waals surface area contributed by atoms with Gasteiger partial charge < -0.3 is 28.9 Å². The SMILES string of the molecule is CCCCN(CCCC[N+](C)(C)C)C(=O)CN1C[C@H](c2ccc3c(c2)OCO3)[C@@H](C(=O)O)[C@@H]1CCN1C(=O)Cc2ccccc21. The summed E-state index contributed by atoms with van der Waals surface area (Å²) in [6.07, 6.45) is 4.69. The average molecular weight is 622 g/mol. The lowest BCUT2D eigenvalue weighted by molar-refractivity contribution is -0.870. The molecule has 2 aromatic carbocycles. The van der Waals surface area contributed by atoms with Crippen LogP contribution in [0.4, 0.5) is 5.69 Å². The second kappa shape index (κ2) is 14.2. The molecule has 5 rings (SSSR count). The van der Waals surface area contributed by atoms with Crippen LogP contribution in [0.15, 0.2) is 42.5 Å². The van der Waals surface area contributed by atoms with E-state index in [4.69, 9.17) is 9.47 Å². The third kappa shape index (κ3) is 7.79. The number of carboxylic acid groups (broad SMARTS) is 1. The van der Waals surface area contributed by atoms with Gasteiger partial charge in [0, 0.05) is 43.8 Å². The Balaban J connectivity index is 1.37. The Morgan fingerprint density at radius 3 is 2.53 bits per heavy atom. The fourth-order valence-corrected chi connectivity index (χ4v) is 7.03. The van der Waals surface area contributed by atoms with Crippen LogP contribution in [-0.2, 0) is 20.8 Å². The van der Waals surface area contributed by atoms with E-state index in [9.17, 15) is 19.5 Å². The molecular formula is C35H49N4O6+. The normalized spacial score (nSPS) is 20.9. The van der Waals surface area contributed by atoms with E-state index in [1.807, 2.05) is 47.4 Å². The van der Waals surface area contributed by atoms with Gasteiger partial charge in [0.15, 0.2) is 11.5 Å². The Kier molecular flexibility index (Phi) is 10.3. The number of carbonyl (C=O) groups excluding carboxylic acids is 2. The maximum Gasteiger partial charge on any atom is 0.308 e. The zero-order valence-corrected chi connectivity index (χ0v) is 27.2. The molecule has 1 fully saturated rings. The summed E-state index contributed by atoms with van der Waals surface area (Å²) in [5, 5.41) is 10.6. The highest BCUT2D eigenvalue weighted by Gasteiger charge is 2.47. The number of carbonyl (C=O) groups is 3. The predicted molar refractivity (Wildman–Crippen MR) is 173 cm³/mol. The van der Waals surface area contributed by atoms with Crippen molar-refractivity contribution in [2.75, 3.05) is 72.1 Å². The molecule has 10 nitrogen and oxygen atoms in total. The van der Waals surface area contributed by atoms with Crippen LogP contribution in [-0.4, -0.2) is 110 Å².